The lowest BCUT2D eigenvalue weighted by Crippen LogP contribution is -2.49. The van der Waals surface area contributed by atoms with Gasteiger partial charge in [-0.05, 0) is 26.0 Å². The van der Waals surface area contributed by atoms with Gasteiger partial charge in [0.05, 0.1) is 12.1 Å². The number of aryl methyl sites for hydroxylation is 1. The third-order valence-electron chi connectivity index (χ3n) is 4.29. The molecular formula is C17H21N5O2. The van der Waals surface area contributed by atoms with Gasteiger partial charge in [0.2, 0.25) is 5.91 Å². The number of rotatable bonds is 3. The van der Waals surface area contributed by atoms with Gasteiger partial charge in [0, 0.05) is 37.9 Å². The number of pyridine rings is 1. The van der Waals surface area contributed by atoms with Crippen molar-refractivity contribution < 1.29 is 4.79 Å². The molecule has 1 aliphatic heterocycles. The molecule has 0 atom stereocenters. The van der Waals surface area contributed by atoms with E-state index in [1.165, 1.54) is 0 Å². The van der Waals surface area contributed by atoms with E-state index in [0.29, 0.717) is 30.2 Å². The quantitative estimate of drug-likeness (QED) is 0.896. The second-order valence-electron chi connectivity index (χ2n) is 5.96. The van der Waals surface area contributed by atoms with Crippen LogP contribution in [0.25, 0.3) is 0 Å². The summed E-state index contributed by atoms with van der Waals surface area (Å²) in [5.41, 5.74) is 0.903. The number of carbonyl (C=O) groups is 1. The molecule has 1 aliphatic rings. The van der Waals surface area contributed by atoms with E-state index in [9.17, 15) is 9.59 Å². The van der Waals surface area contributed by atoms with Gasteiger partial charge >= 0.3 is 0 Å². The highest BCUT2D eigenvalue weighted by molar-refractivity contribution is 5.79. The smallest absolute Gasteiger partial charge is 0.254 e. The Kier molecular flexibility index (Phi) is 4.59. The number of anilines is 1. The monoisotopic (exact) mass is 327 g/mol. The minimum absolute atomic E-state index is 0.0104. The van der Waals surface area contributed by atoms with Crippen molar-refractivity contribution in [2.24, 2.45) is 0 Å². The summed E-state index contributed by atoms with van der Waals surface area (Å²) in [6.07, 6.45) is 1.94. The second kappa shape index (κ2) is 6.82. The van der Waals surface area contributed by atoms with Crippen LogP contribution in [0.4, 0.5) is 5.82 Å². The van der Waals surface area contributed by atoms with E-state index in [4.69, 9.17) is 0 Å². The fourth-order valence-electron chi connectivity index (χ4n) is 2.86. The molecule has 3 heterocycles. The zero-order chi connectivity index (χ0) is 17.1. The van der Waals surface area contributed by atoms with Crippen molar-refractivity contribution in [3.63, 3.8) is 0 Å². The maximum Gasteiger partial charge on any atom is 0.254 e. The molecule has 7 nitrogen and oxygen atoms in total. The summed E-state index contributed by atoms with van der Waals surface area (Å²) >= 11 is 0. The molecule has 1 fully saturated rings. The molecule has 2 aromatic rings. The number of hydrogen-bond acceptors (Lipinski definition) is 5. The largest absolute Gasteiger partial charge is 0.353 e. The maximum absolute atomic E-state index is 12.5. The van der Waals surface area contributed by atoms with Crippen molar-refractivity contribution in [3.05, 3.63) is 51.8 Å². The summed E-state index contributed by atoms with van der Waals surface area (Å²) in [6.45, 7) is 6.23. The van der Waals surface area contributed by atoms with Crippen molar-refractivity contribution >= 4 is 11.7 Å². The Morgan fingerprint density at radius 1 is 1.21 bits per heavy atom. The lowest BCUT2D eigenvalue weighted by molar-refractivity contribution is -0.130. The Labute approximate surface area is 140 Å². The Balaban J connectivity index is 1.63. The van der Waals surface area contributed by atoms with Gasteiger partial charge in [0.15, 0.2) is 0 Å². The molecule has 0 spiro atoms. The van der Waals surface area contributed by atoms with Gasteiger partial charge in [-0.2, -0.15) is 0 Å². The molecule has 24 heavy (non-hydrogen) atoms. The first-order chi connectivity index (χ1) is 11.5. The summed E-state index contributed by atoms with van der Waals surface area (Å²) in [5.74, 6) is 1.48. The van der Waals surface area contributed by atoms with Gasteiger partial charge < -0.3 is 14.8 Å². The van der Waals surface area contributed by atoms with E-state index in [2.05, 4.69) is 19.9 Å². The van der Waals surface area contributed by atoms with Crippen molar-refractivity contribution in [2.75, 3.05) is 31.1 Å². The number of H-pyrrole nitrogens is 1. The topological polar surface area (TPSA) is 82.2 Å². The van der Waals surface area contributed by atoms with E-state index in [1.54, 1.807) is 20.0 Å². The molecule has 1 N–H and O–H groups in total. The molecule has 126 valence electrons. The third kappa shape index (κ3) is 3.45. The van der Waals surface area contributed by atoms with Crippen LogP contribution in [0.1, 0.15) is 17.1 Å². The number of hydrogen-bond donors (Lipinski definition) is 1. The number of nitrogens with zero attached hydrogens (tertiary/aromatic N) is 4. The number of aromatic amines is 1. The fraction of sp³-hybridized carbons (Fsp3) is 0.412. The molecule has 3 rings (SSSR count). The van der Waals surface area contributed by atoms with Gasteiger partial charge in [-0.1, -0.05) is 6.07 Å². The molecule has 0 aromatic carbocycles. The Morgan fingerprint density at radius 2 is 1.96 bits per heavy atom. The van der Waals surface area contributed by atoms with Crippen molar-refractivity contribution in [1.82, 2.24) is 19.9 Å². The summed E-state index contributed by atoms with van der Waals surface area (Å²) in [5, 5.41) is 0. The average molecular weight is 327 g/mol. The molecule has 0 unspecified atom stereocenters. The van der Waals surface area contributed by atoms with E-state index in [0.717, 1.165) is 18.9 Å². The first-order valence-corrected chi connectivity index (χ1v) is 8.05. The number of carbonyl (C=O) groups excluding carboxylic acids is 1. The lowest BCUT2D eigenvalue weighted by atomic mass is 10.1. The number of aromatic nitrogens is 3. The van der Waals surface area contributed by atoms with Gasteiger partial charge in [-0.15, -0.1) is 0 Å². The van der Waals surface area contributed by atoms with Crippen LogP contribution in [-0.4, -0.2) is 51.9 Å². The van der Waals surface area contributed by atoms with Gasteiger partial charge in [0.25, 0.3) is 5.56 Å². The van der Waals surface area contributed by atoms with Crippen LogP contribution in [0.15, 0.2) is 29.2 Å². The highest BCUT2D eigenvalue weighted by Crippen LogP contribution is 2.13. The predicted octanol–water partition coefficient (Wildman–Crippen LogP) is 0.673. The second-order valence-corrected chi connectivity index (χ2v) is 5.96. The summed E-state index contributed by atoms with van der Waals surface area (Å²) in [6, 6.07) is 5.83. The molecule has 1 amide bonds. The van der Waals surface area contributed by atoms with Crippen LogP contribution in [-0.2, 0) is 11.2 Å². The van der Waals surface area contributed by atoms with Gasteiger partial charge in [-0.25, -0.2) is 9.97 Å². The van der Waals surface area contributed by atoms with E-state index in [1.807, 2.05) is 23.1 Å². The molecule has 2 aromatic heterocycles. The van der Waals surface area contributed by atoms with Crippen LogP contribution in [0.3, 0.4) is 0 Å². The molecule has 0 aliphatic carbocycles. The lowest BCUT2D eigenvalue weighted by Gasteiger charge is -2.35. The van der Waals surface area contributed by atoms with Crippen LogP contribution in [0.2, 0.25) is 0 Å². The van der Waals surface area contributed by atoms with Crippen LogP contribution >= 0.6 is 0 Å². The number of nitrogens with one attached hydrogen (secondary N) is 1. The normalized spacial score (nSPS) is 14.8. The highest BCUT2D eigenvalue weighted by Gasteiger charge is 2.23. The van der Waals surface area contributed by atoms with Crippen molar-refractivity contribution in [1.29, 1.82) is 0 Å². The van der Waals surface area contributed by atoms with Crippen molar-refractivity contribution in [2.45, 2.75) is 20.3 Å². The summed E-state index contributed by atoms with van der Waals surface area (Å²) in [4.78, 5) is 39.6. The highest BCUT2D eigenvalue weighted by atomic mass is 16.2. The van der Waals surface area contributed by atoms with E-state index >= 15 is 0 Å². The predicted molar refractivity (Wildman–Crippen MR) is 91.1 cm³/mol. The maximum atomic E-state index is 12.5. The van der Waals surface area contributed by atoms with Crippen molar-refractivity contribution in [3.8, 4) is 0 Å². The summed E-state index contributed by atoms with van der Waals surface area (Å²) < 4.78 is 0. The third-order valence-corrected chi connectivity index (χ3v) is 4.29. The number of piperazine rings is 1. The first-order valence-electron chi connectivity index (χ1n) is 8.05. The minimum atomic E-state index is -0.176. The zero-order valence-electron chi connectivity index (χ0n) is 14.0. The Hall–Kier alpha value is -2.70. The Bertz CT molecular complexity index is 779. The van der Waals surface area contributed by atoms with E-state index < -0.39 is 0 Å². The van der Waals surface area contributed by atoms with Gasteiger partial charge in [0.1, 0.15) is 11.6 Å². The van der Waals surface area contributed by atoms with E-state index in [-0.39, 0.29) is 17.9 Å². The van der Waals surface area contributed by atoms with Crippen LogP contribution < -0.4 is 10.5 Å². The Morgan fingerprint density at radius 3 is 2.62 bits per heavy atom. The standard InChI is InChI=1S/C17H21N5O2/c1-12-14(19-13(2)20-17(12)24)11-16(23)22-9-7-21(8-10-22)15-5-3-4-6-18-15/h3-6H,7-11H2,1-2H3,(H,19,20,24). The molecule has 7 heteroatoms. The molecular weight excluding hydrogens is 306 g/mol. The molecule has 1 saturated heterocycles. The molecule has 0 saturated carbocycles. The van der Waals surface area contributed by atoms with Crippen LogP contribution in [0.5, 0.6) is 0 Å². The first kappa shape index (κ1) is 16.2. The number of amides is 1. The molecule has 0 radical (unpaired) electrons. The van der Waals surface area contributed by atoms with Crippen LogP contribution in [0, 0.1) is 13.8 Å². The van der Waals surface area contributed by atoms with Gasteiger partial charge in [-0.3, -0.25) is 9.59 Å². The fourth-order valence-corrected chi connectivity index (χ4v) is 2.86. The molecule has 0 bridgehead atoms. The minimum Gasteiger partial charge on any atom is -0.353 e. The zero-order valence-corrected chi connectivity index (χ0v) is 14.0. The SMILES string of the molecule is Cc1nc(CC(=O)N2CCN(c3ccccn3)CC2)c(C)c(=O)[nH]1. The summed E-state index contributed by atoms with van der Waals surface area (Å²) in [7, 11) is 0. The average Bonchev–Trinajstić information content (AvgIpc) is 2.60.